The van der Waals surface area contributed by atoms with E-state index in [1.54, 1.807) is 0 Å². The van der Waals surface area contributed by atoms with Crippen LogP contribution in [0.15, 0.2) is 40.9 Å². The fourth-order valence-electron chi connectivity index (χ4n) is 1.78. The molecule has 0 fully saturated rings. The van der Waals surface area contributed by atoms with Gasteiger partial charge in [-0.05, 0) is 23.9 Å². The van der Waals surface area contributed by atoms with Crippen molar-refractivity contribution in [2.45, 2.75) is 19.4 Å². The Morgan fingerprint density at radius 2 is 1.94 bits per heavy atom. The van der Waals surface area contributed by atoms with E-state index in [0.717, 1.165) is 20.9 Å². The molecule has 18 heavy (non-hydrogen) atoms. The Bertz CT molecular complexity index is 583. The van der Waals surface area contributed by atoms with Crippen LogP contribution in [0.4, 0.5) is 5.69 Å². The van der Waals surface area contributed by atoms with E-state index in [0.29, 0.717) is 6.42 Å². The molecular weight excluding hydrogens is 292 g/mol. The van der Waals surface area contributed by atoms with Crippen LogP contribution in [0.25, 0.3) is 10.8 Å². The molecule has 0 aliphatic heterocycles. The number of benzene rings is 2. The average Bonchev–Trinajstić information content (AvgIpc) is 2.41. The molecule has 0 aromatic heterocycles. The number of hydrogen-bond donors (Lipinski definition) is 2. The summed E-state index contributed by atoms with van der Waals surface area (Å²) in [6, 6.07) is 11.2. The van der Waals surface area contributed by atoms with Gasteiger partial charge in [-0.25, -0.2) is 0 Å². The highest BCUT2D eigenvalue weighted by atomic mass is 79.9. The van der Waals surface area contributed by atoms with Crippen molar-refractivity contribution in [1.29, 1.82) is 0 Å². The molecule has 3 N–H and O–H groups in total. The third-order valence-electron chi connectivity index (χ3n) is 2.91. The number of carbonyl (C=O) groups excluding carboxylic acids is 1. The monoisotopic (exact) mass is 306 g/mol. The number of rotatable bonds is 3. The van der Waals surface area contributed by atoms with Crippen LogP contribution in [0.3, 0.4) is 0 Å². The second-order valence-electron chi connectivity index (χ2n) is 4.14. The first-order chi connectivity index (χ1) is 8.63. The number of nitrogens with two attached hydrogens (primary N) is 1. The van der Waals surface area contributed by atoms with Gasteiger partial charge in [0, 0.05) is 15.5 Å². The van der Waals surface area contributed by atoms with E-state index in [4.69, 9.17) is 5.73 Å². The second-order valence-corrected chi connectivity index (χ2v) is 5.00. The SMILES string of the molecule is CC[C@@H](N)C(=O)Nc1ccc(Br)c2ccccc12. The van der Waals surface area contributed by atoms with E-state index in [9.17, 15) is 4.79 Å². The Kier molecular flexibility index (Phi) is 3.99. The highest BCUT2D eigenvalue weighted by Crippen LogP contribution is 2.29. The third kappa shape index (κ3) is 2.54. The molecular formula is C14H15BrN2O. The third-order valence-corrected chi connectivity index (χ3v) is 3.60. The summed E-state index contributed by atoms with van der Waals surface area (Å²) in [5, 5.41) is 4.95. The lowest BCUT2D eigenvalue weighted by atomic mass is 10.1. The van der Waals surface area contributed by atoms with Gasteiger partial charge in [0.2, 0.25) is 5.91 Å². The van der Waals surface area contributed by atoms with Crippen LogP contribution in [0.1, 0.15) is 13.3 Å². The number of amides is 1. The van der Waals surface area contributed by atoms with E-state index >= 15 is 0 Å². The predicted molar refractivity (Wildman–Crippen MR) is 78.5 cm³/mol. The van der Waals surface area contributed by atoms with Crippen molar-refractivity contribution < 1.29 is 4.79 Å². The zero-order valence-electron chi connectivity index (χ0n) is 10.1. The highest BCUT2D eigenvalue weighted by molar-refractivity contribution is 9.10. The summed E-state index contributed by atoms with van der Waals surface area (Å²) in [5.41, 5.74) is 6.51. The Balaban J connectivity index is 2.40. The zero-order chi connectivity index (χ0) is 13.1. The Morgan fingerprint density at radius 1 is 1.28 bits per heavy atom. The smallest absolute Gasteiger partial charge is 0.241 e. The van der Waals surface area contributed by atoms with Crippen molar-refractivity contribution in [3.05, 3.63) is 40.9 Å². The summed E-state index contributed by atoms with van der Waals surface area (Å²) >= 11 is 3.50. The summed E-state index contributed by atoms with van der Waals surface area (Å²) in [5.74, 6) is -0.148. The van der Waals surface area contributed by atoms with Crippen molar-refractivity contribution in [3.8, 4) is 0 Å². The molecule has 0 radical (unpaired) electrons. The first-order valence-corrected chi connectivity index (χ1v) is 6.66. The first-order valence-electron chi connectivity index (χ1n) is 5.87. The average molecular weight is 307 g/mol. The molecule has 2 aromatic carbocycles. The van der Waals surface area contributed by atoms with Gasteiger partial charge >= 0.3 is 0 Å². The predicted octanol–water partition coefficient (Wildman–Crippen LogP) is 3.28. The molecule has 94 valence electrons. The van der Waals surface area contributed by atoms with Gasteiger partial charge in [0.1, 0.15) is 0 Å². The van der Waals surface area contributed by atoms with Gasteiger partial charge in [-0.3, -0.25) is 4.79 Å². The summed E-state index contributed by atoms with van der Waals surface area (Å²) in [6.07, 6.45) is 0.625. The van der Waals surface area contributed by atoms with Gasteiger partial charge in [0.15, 0.2) is 0 Å². The van der Waals surface area contributed by atoms with Crippen LogP contribution >= 0.6 is 15.9 Å². The first kappa shape index (κ1) is 13.1. The fraction of sp³-hybridized carbons (Fsp3) is 0.214. The maximum atomic E-state index is 11.8. The molecule has 0 saturated heterocycles. The summed E-state index contributed by atoms with van der Waals surface area (Å²) in [4.78, 5) is 11.8. The van der Waals surface area contributed by atoms with Gasteiger partial charge in [-0.1, -0.05) is 47.1 Å². The quantitative estimate of drug-likeness (QED) is 0.914. The standard InChI is InChI=1S/C14H15BrN2O/c1-2-12(16)14(18)17-13-8-7-11(15)9-5-3-4-6-10(9)13/h3-8,12H,2,16H2,1H3,(H,17,18)/t12-/m1/s1. The molecule has 3 nitrogen and oxygen atoms in total. The molecule has 0 saturated carbocycles. The normalized spacial score (nSPS) is 12.4. The van der Waals surface area contributed by atoms with E-state index in [1.165, 1.54) is 0 Å². The van der Waals surface area contributed by atoms with E-state index < -0.39 is 6.04 Å². The molecule has 0 aliphatic rings. The van der Waals surface area contributed by atoms with Gasteiger partial charge in [-0.2, -0.15) is 0 Å². The van der Waals surface area contributed by atoms with E-state index in [-0.39, 0.29) is 5.91 Å². The zero-order valence-corrected chi connectivity index (χ0v) is 11.7. The van der Waals surface area contributed by atoms with Crippen molar-refractivity contribution in [3.63, 3.8) is 0 Å². The molecule has 0 unspecified atom stereocenters. The minimum absolute atomic E-state index is 0.148. The van der Waals surface area contributed by atoms with Crippen LogP contribution in [0, 0.1) is 0 Å². The van der Waals surface area contributed by atoms with Gasteiger partial charge < -0.3 is 11.1 Å². The van der Waals surface area contributed by atoms with Crippen LogP contribution in [-0.2, 0) is 4.79 Å². The lowest BCUT2D eigenvalue weighted by molar-refractivity contribution is -0.117. The minimum Gasteiger partial charge on any atom is -0.324 e. The lowest BCUT2D eigenvalue weighted by Gasteiger charge is -2.13. The van der Waals surface area contributed by atoms with Crippen molar-refractivity contribution in [2.24, 2.45) is 5.73 Å². The molecule has 2 aromatic rings. The van der Waals surface area contributed by atoms with Crippen molar-refractivity contribution >= 4 is 38.3 Å². The molecule has 1 atom stereocenters. The van der Waals surface area contributed by atoms with Crippen LogP contribution in [-0.4, -0.2) is 11.9 Å². The van der Waals surface area contributed by atoms with Crippen molar-refractivity contribution in [1.82, 2.24) is 0 Å². The molecule has 0 heterocycles. The second kappa shape index (κ2) is 5.50. The Hall–Kier alpha value is -1.39. The van der Waals surface area contributed by atoms with Crippen LogP contribution in [0.5, 0.6) is 0 Å². The van der Waals surface area contributed by atoms with Gasteiger partial charge in [0.25, 0.3) is 0 Å². The maximum absolute atomic E-state index is 11.8. The summed E-state index contributed by atoms with van der Waals surface area (Å²) < 4.78 is 1.01. The molecule has 1 amide bonds. The number of anilines is 1. The Morgan fingerprint density at radius 3 is 2.61 bits per heavy atom. The number of halogens is 1. The van der Waals surface area contributed by atoms with E-state index in [2.05, 4.69) is 21.2 Å². The lowest BCUT2D eigenvalue weighted by Crippen LogP contribution is -2.34. The molecule has 4 heteroatoms. The maximum Gasteiger partial charge on any atom is 0.241 e. The molecule has 2 rings (SSSR count). The van der Waals surface area contributed by atoms with Crippen molar-refractivity contribution in [2.75, 3.05) is 5.32 Å². The van der Waals surface area contributed by atoms with Crippen LogP contribution in [0.2, 0.25) is 0 Å². The van der Waals surface area contributed by atoms with Gasteiger partial charge in [-0.15, -0.1) is 0 Å². The summed E-state index contributed by atoms with van der Waals surface area (Å²) in [7, 11) is 0. The summed E-state index contributed by atoms with van der Waals surface area (Å²) in [6.45, 7) is 1.89. The number of hydrogen-bond acceptors (Lipinski definition) is 2. The molecule has 0 aliphatic carbocycles. The Labute approximate surface area is 114 Å². The molecule has 0 spiro atoms. The highest BCUT2D eigenvalue weighted by Gasteiger charge is 2.12. The minimum atomic E-state index is -0.465. The van der Waals surface area contributed by atoms with Crippen LogP contribution < -0.4 is 11.1 Å². The molecule has 0 bridgehead atoms. The topological polar surface area (TPSA) is 55.1 Å². The fourth-order valence-corrected chi connectivity index (χ4v) is 2.26. The van der Waals surface area contributed by atoms with Gasteiger partial charge in [0.05, 0.1) is 6.04 Å². The largest absolute Gasteiger partial charge is 0.324 e. The number of fused-ring (bicyclic) bond motifs is 1. The number of nitrogens with one attached hydrogen (secondary N) is 1. The number of carbonyl (C=O) groups is 1. The van der Waals surface area contributed by atoms with E-state index in [1.807, 2.05) is 43.3 Å².